The quantitative estimate of drug-likeness (QED) is 0.692. The summed E-state index contributed by atoms with van der Waals surface area (Å²) in [7, 11) is 3.64. The van der Waals surface area contributed by atoms with Crippen molar-refractivity contribution in [1.82, 2.24) is 9.80 Å². The van der Waals surface area contributed by atoms with Crippen molar-refractivity contribution in [2.45, 2.75) is 38.6 Å². The van der Waals surface area contributed by atoms with E-state index in [-0.39, 0.29) is 5.91 Å². The van der Waals surface area contributed by atoms with E-state index in [1.807, 2.05) is 27.1 Å². The van der Waals surface area contributed by atoms with Crippen molar-refractivity contribution in [1.29, 1.82) is 0 Å². The molecule has 0 bridgehead atoms. The lowest BCUT2D eigenvalue weighted by molar-refractivity contribution is -0.129. The topological polar surface area (TPSA) is 35.9 Å². The van der Waals surface area contributed by atoms with Crippen LogP contribution in [-0.2, 0) is 4.79 Å². The maximum absolute atomic E-state index is 12.0. The summed E-state index contributed by atoms with van der Waals surface area (Å²) in [5.41, 5.74) is 0.940. The molecule has 2 rings (SSSR count). The summed E-state index contributed by atoms with van der Waals surface area (Å²) in [5, 5.41) is 0. The third-order valence-corrected chi connectivity index (χ3v) is 3.79. The Kier molecular flexibility index (Phi) is 3.50. The van der Waals surface area contributed by atoms with E-state index < -0.39 is 0 Å². The summed E-state index contributed by atoms with van der Waals surface area (Å²) in [6.07, 6.45) is 6.89. The number of piperazine rings is 1. The Balaban J connectivity index is 2.29. The first-order valence-electron chi connectivity index (χ1n) is 6.35. The molecular formula is C13H21N3O. The molecule has 4 nitrogen and oxygen atoms in total. The molecule has 0 radical (unpaired) electrons. The summed E-state index contributed by atoms with van der Waals surface area (Å²) < 4.78 is 0. The molecule has 1 aliphatic carbocycles. The van der Waals surface area contributed by atoms with Crippen LogP contribution in [0.1, 0.15) is 32.6 Å². The summed E-state index contributed by atoms with van der Waals surface area (Å²) in [4.78, 5) is 20.3. The lowest BCUT2D eigenvalue weighted by atomic mass is 10.1. The van der Waals surface area contributed by atoms with Gasteiger partial charge in [0.15, 0.2) is 0 Å². The van der Waals surface area contributed by atoms with E-state index in [0.717, 1.165) is 11.5 Å². The molecule has 17 heavy (non-hydrogen) atoms. The monoisotopic (exact) mass is 235 g/mol. The molecule has 1 amide bonds. The van der Waals surface area contributed by atoms with Gasteiger partial charge in [0.05, 0.1) is 12.2 Å². The molecule has 1 saturated carbocycles. The van der Waals surface area contributed by atoms with Crippen molar-refractivity contribution in [2.75, 3.05) is 20.6 Å². The molecular weight excluding hydrogens is 214 g/mol. The van der Waals surface area contributed by atoms with Crippen LogP contribution in [0.5, 0.6) is 0 Å². The van der Waals surface area contributed by atoms with Gasteiger partial charge in [0.25, 0.3) is 0 Å². The van der Waals surface area contributed by atoms with E-state index in [0.29, 0.717) is 12.6 Å². The number of allylic oxidation sites excluding steroid dienone is 1. The van der Waals surface area contributed by atoms with Crippen molar-refractivity contribution in [3.63, 3.8) is 0 Å². The lowest BCUT2D eigenvalue weighted by Gasteiger charge is -2.40. The summed E-state index contributed by atoms with van der Waals surface area (Å²) in [6.45, 7) is 2.44. The Hall–Kier alpha value is -1.32. The highest BCUT2D eigenvalue weighted by Gasteiger charge is 2.35. The van der Waals surface area contributed by atoms with Crippen molar-refractivity contribution < 1.29 is 4.79 Å². The fourth-order valence-corrected chi connectivity index (χ4v) is 2.84. The van der Waals surface area contributed by atoms with Gasteiger partial charge < -0.3 is 9.80 Å². The van der Waals surface area contributed by atoms with Gasteiger partial charge in [0.2, 0.25) is 5.91 Å². The standard InChI is InChI=1S/C13H21N3O/c1-4-11-13(14-2)16(9-12(17)15(11)3)10-7-5-6-8-10/h4,10H,5-9H2,1-3H3/b11-4+,14-13?. The third kappa shape index (κ3) is 2.08. The number of aliphatic imine (C=N–C) groups is 1. The maximum atomic E-state index is 12.0. The van der Waals surface area contributed by atoms with Crippen LogP contribution in [-0.4, -0.2) is 48.2 Å². The predicted molar refractivity (Wildman–Crippen MR) is 68.8 cm³/mol. The first-order chi connectivity index (χ1) is 8.19. The number of rotatable bonds is 1. The van der Waals surface area contributed by atoms with Crippen LogP contribution in [0.25, 0.3) is 0 Å². The summed E-state index contributed by atoms with van der Waals surface area (Å²) in [5.74, 6) is 1.14. The Morgan fingerprint density at radius 1 is 1.35 bits per heavy atom. The van der Waals surface area contributed by atoms with Crippen LogP contribution < -0.4 is 0 Å². The van der Waals surface area contributed by atoms with Gasteiger partial charge in [0, 0.05) is 20.1 Å². The molecule has 1 aliphatic heterocycles. The van der Waals surface area contributed by atoms with Gasteiger partial charge in [-0.15, -0.1) is 0 Å². The minimum atomic E-state index is 0.164. The van der Waals surface area contributed by atoms with Crippen LogP contribution in [0.15, 0.2) is 16.8 Å². The predicted octanol–water partition coefficient (Wildman–Crippen LogP) is 1.64. The normalized spacial score (nSPS) is 27.6. The number of carbonyl (C=O) groups is 1. The van der Waals surface area contributed by atoms with Crippen LogP contribution in [0, 0.1) is 0 Å². The molecule has 0 N–H and O–H groups in total. The molecule has 0 unspecified atom stereocenters. The highest BCUT2D eigenvalue weighted by molar-refractivity contribution is 6.06. The largest absolute Gasteiger partial charge is 0.343 e. The second-order valence-corrected chi connectivity index (χ2v) is 4.74. The molecule has 4 heteroatoms. The van der Waals surface area contributed by atoms with E-state index in [4.69, 9.17) is 0 Å². The van der Waals surface area contributed by atoms with Gasteiger partial charge >= 0.3 is 0 Å². The molecule has 2 fully saturated rings. The van der Waals surface area contributed by atoms with E-state index >= 15 is 0 Å². The lowest BCUT2D eigenvalue weighted by Crippen LogP contribution is -2.53. The number of amides is 1. The number of hydrogen-bond donors (Lipinski definition) is 0. The second-order valence-electron chi connectivity index (χ2n) is 4.74. The average Bonchev–Trinajstić information content (AvgIpc) is 2.85. The van der Waals surface area contributed by atoms with Gasteiger partial charge in [-0.25, -0.2) is 0 Å². The zero-order chi connectivity index (χ0) is 12.4. The third-order valence-electron chi connectivity index (χ3n) is 3.79. The molecule has 2 aliphatic rings. The number of nitrogens with zero attached hydrogens (tertiary/aromatic N) is 3. The molecule has 0 aromatic rings. The van der Waals surface area contributed by atoms with Crippen molar-refractivity contribution in [2.24, 2.45) is 4.99 Å². The SMILES string of the molecule is C/C=C1\C(=NC)N(C2CCCC2)CC(=O)N1C. The van der Waals surface area contributed by atoms with Crippen LogP contribution in [0.2, 0.25) is 0 Å². The zero-order valence-electron chi connectivity index (χ0n) is 10.9. The number of hydrogen-bond acceptors (Lipinski definition) is 2. The molecule has 0 spiro atoms. The van der Waals surface area contributed by atoms with E-state index in [2.05, 4.69) is 9.89 Å². The number of likely N-dealkylation sites (N-methyl/N-ethyl adjacent to an activating group) is 1. The fourth-order valence-electron chi connectivity index (χ4n) is 2.84. The van der Waals surface area contributed by atoms with E-state index in [1.165, 1.54) is 25.7 Å². The van der Waals surface area contributed by atoms with Crippen LogP contribution in [0.3, 0.4) is 0 Å². The highest BCUT2D eigenvalue weighted by atomic mass is 16.2. The minimum Gasteiger partial charge on any atom is -0.343 e. The molecule has 0 atom stereocenters. The Morgan fingerprint density at radius 3 is 2.53 bits per heavy atom. The number of amidine groups is 1. The van der Waals surface area contributed by atoms with Crippen molar-refractivity contribution >= 4 is 11.7 Å². The van der Waals surface area contributed by atoms with Crippen LogP contribution in [0.4, 0.5) is 0 Å². The maximum Gasteiger partial charge on any atom is 0.246 e. The minimum absolute atomic E-state index is 0.164. The van der Waals surface area contributed by atoms with E-state index in [1.54, 1.807) is 4.90 Å². The van der Waals surface area contributed by atoms with Gasteiger partial charge in [0.1, 0.15) is 5.84 Å². The Labute approximate surface area is 103 Å². The smallest absolute Gasteiger partial charge is 0.246 e. The fraction of sp³-hybridized carbons (Fsp3) is 0.692. The van der Waals surface area contributed by atoms with Crippen molar-refractivity contribution in [3.8, 4) is 0 Å². The molecule has 1 heterocycles. The molecule has 0 aromatic heterocycles. The van der Waals surface area contributed by atoms with Gasteiger partial charge in [-0.2, -0.15) is 0 Å². The second kappa shape index (κ2) is 4.90. The molecule has 0 aromatic carbocycles. The first kappa shape index (κ1) is 12.1. The van der Waals surface area contributed by atoms with Gasteiger partial charge in [-0.1, -0.05) is 18.9 Å². The molecule has 1 saturated heterocycles. The zero-order valence-corrected chi connectivity index (χ0v) is 10.9. The average molecular weight is 235 g/mol. The summed E-state index contributed by atoms with van der Waals surface area (Å²) >= 11 is 0. The Bertz CT molecular complexity index is 367. The Morgan fingerprint density at radius 2 is 2.00 bits per heavy atom. The van der Waals surface area contributed by atoms with Crippen molar-refractivity contribution in [3.05, 3.63) is 11.8 Å². The van der Waals surface area contributed by atoms with Gasteiger partial charge in [-0.05, 0) is 19.8 Å². The first-order valence-corrected chi connectivity index (χ1v) is 6.35. The molecule has 94 valence electrons. The highest BCUT2D eigenvalue weighted by Crippen LogP contribution is 2.27. The van der Waals surface area contributed by atoms with Crippen LogP contribution >= 0.6 is 0 Å². The number of carbonyl (C=O) groups excluding carboxylic acids is 1. The van der Waals surface area contributed by atoms with E-state index in [9.17, 15) is 4.79 Å². The van der Waals surface area contributed by atoms with Gasteiger partial charge in [-0.3, -0.25) is 9.79 Å². The summed E-state index contributed by atoms with van der Waals surface area (Å²) in [6, 6.07) is 0.501.